The minimum atomic E-state index is -1.10. The summed E-state index contributed by atoms with van der Waals surface area (Å²) in [5, 5.41) is 15.8. The fraction of sp³-hybridized carbons (Fsp3) is 0.304. The van der Waals surface area contributed by atoms with Crippen molar-refractivity contribution < 1.29 is 28.8 Å². The van der Waals surface area contributed by atoms with Gasteiger partial charge in [0.1, 0.15) is 6.04 Å². The van der Waals surface area contributed by atoms with Crippen molar-refractivity contribution in [3.63, 3.8) is 0 Å². The predicted molar refractivity (Wildman–Crippen MR) is 123 cm³/mol. The third kappa shape index (κ3) is 7.12. The van der Waals surface area contributed by atoms with Gasteiger partial charge in [-0.05, 0) is 45.0 Å². The number of nitrogens with one attached hydrogen (secondary N) is 2. The van der Waals surface area contributed by atoms with Crippen LogP contribution in [-0.4, -0.2) is 59.3 Å². The first kappa shape index (κ1) is 26.0. The average molecular weight is 470 g/mol. The van der Waals surface area contributed by atoms with E-state index in [0.29, 0.717) is 24.3 Å². The van der Waals surface area contributed by atoms with E-state index in [1.807, 2.05) is 13.8 Å². The van der Waals surface area contributed by atoms with Gasteiger partial charge in [-0.3, -0.25) is 24.5 Å². The van der Waals surface area contributed by atoms with Crippen molar-refractivity contribution in [2.75, 3.05) is 25.0 Å². The maximum absolute atomic E-state index is 12.5. The highest BCUT2D eigenvalue weighted by Crippen LogP contribution is 2.14. The zero-order valence-corrected chi connectivity index (χ0v) is 19.1. The van der Waals surface area contributed by atoms with Gasteiger partial charge in [0.15, 0.2) is 6.61 Å². The number of ether oxygens (including phenoxy) is 1. The Bertz CT molecular complexity index is 1080. The highest BCUT2D eigenvalue weighted by atomic mass is 16.6. The molecule has 0 unspecified atom stereocenters. The number of nitro benzene ring substituents is 1. The van der Waals surface area contributed by atoms with E-state index in [1.165, 1.54) is 31.2 Å². The molecule has 11 heteroatoms. The summed E-state index contributed by atoms with van der Waals surface area (Å²) in [6, 6.07) is 10.3. The van der Waals surface area contributed by atoms with Crippen LogP contribution >= 0.6 is 0 Å². The molecule has 3 amide bonds. The molecular formula is C23H26N4O7. The molecule has 2 N–H and O–H groups in total. The lowest BCUT2D eigenvalue weighted by molar-refractivity contribution is -0.384. The Morgan fingerprint density at radius 1 is 1.03 bits per heavy atom. The Morgan fingerprint density at radius 2 is 1.68 bits per heavy atom. The van der Waals surface area contributed by atoms with Crippen LogP contribution < -0.4 is 10.6 Å². The fourth-order valence-corrected chi connectivity index (χ4v) is 2.98. The van der Waals surface area contributed by atoms with Crippen LogP contribution in [0.15, 0.2) is 48.5 Å². The lowest BCUT2D eigenvalue weighted by Gasteiger charge is -2.19. The van der Waals surface area contributed by atoms with Gasteiger partial charge in [0.25, 0.3) is 23.4 Å². The summed E-state index contributed by atoms with van der Waals surface area (Å²) in [7, 11) is 0. The molecule has 0 aliphatic rings. The first-order chi connectivity index (χ1) is 16.2. The van der Waals surface area contributed by atoms with E-state index in [9.17, 15) is 29.3 Å². The number of carbonyl (C=O) groups excluding carboxylic acids is 4. The largest absolute Gasteiger partial charge is 0.454 e. The van der Waals surface area contributed by atoms with E-state index in [2.05, 4.69) is 10.6 Å². The molecule has 0 heterocycles. The van der Waals surface area contributed by atoms with Crippen molar-refractivity contribution in [2.45, 2.75) is 26.8 Å². The van der Waals surface area contributed by atoms with Crippen LogP contribution in [0.2, 0.25) is 0 Å². The molecule has 0 fully saturated rings. The van der Waals surface area contributed by atoms with Crippen molar-refractivity contribution >= 4 is 35.1 Å². The molecule has 0 saturated carbocycles. The molecule has 0 spiro atoms. The van der Waals surface area contributed by atoms with Gasteiger partial charge in [0, 0.05) is 42.0 Å². The number of carbonyl (C=O) groups is 4. The molecule has 0 aromatic heterocycles. The molecule has 0 radical (unpaired) electrons. The van der Waals surface area contributed by atoms with E-state index < -0.39 is 35.4 Å². The van der Waals surface area contributed by atoms with Crippen molar-refractivity contribution in [1.29, 1.82) is 0 Å². The molecule has 1 atom stereocenters. The maximum Gasteiger partial charge on any atom is 0.328 e. The van der Waals surface area contributed by atoms with Crippen LogP contribution in [0.1, 0.15) is 41.5 Å². The van der Waals surface area contributed by atoms with Gasteiger partial charge in [0.2, 0.25) is 0 Å². The summed E-state index contributed by atoms with van der Waals surface area (Å²) in [6.07, 6.45) is 0. The van der Waals surface area contributed by atoms with Crippen LogP contribution in [0.5, 0.6) is 0 Å². The van der Waals surface area contributed by atoms with Gasteiger partial charge in [-0.25, -0.2) is 4.79 Å². The van der Waals surface area contributed by atoms with Crippen LogP contribution in [0, 0.1) is 10.1 Å². The van der Waals surface area contributed by atoms with Gasteiger partial charge < -0.3 is 20.3 Å². The SMILES string of the molecule is CCN(CC)C(=O)c1cccc(NC(=O)COC(=O)[C@H](C)NC(=O)c2cccc([N+](=O)[O-])c2)c1. The van der Waals surface area contributed by atoms with Gasteiger partial charge in [0.05, 0.1) is 4.92 Å². The second-order valence-electron chi connectivity index (χ2n) is 7.22. The first-order valence-electron chi connectivity index (χ1n) is 10.6. The molecule has 0 saturated heterocycles. The second-order valence-corrected chi connectivity index (χ2v) is 7.22. The number of rotatable bonds is 10. The molecule has 34 heavy (non-hydrogen) atoms. The molecule has 11 nitrogen and oxygen atoms in total. The minimum Gasteiger partial charge on any atom is -0.454 e. The Hall–Kier alpha value is -4.28. The number of esters is 1. The van der Waals surface area contributed by atoms with Crippen LogP contribution in [0.3, 0.4) is 0 Å². The summed E-state index contributed by atoms with van der Waals surface area (Å²) in [6.45, 7) is 5.60. The molecule has 2 rings (SSSR count). The molecule has 0 aliphatic heterocycles. The van der Waals surface area contributed by atoms with Gasteiger partial charge in [-0.2, -0.15) is 0 Å². The first-order valence-corrected chi connectivity index (χ1v) is 10.6. The Morgan fingerprint density at radius 3 is 2.32 bits per heavy atom. The number of anilines is 1. The number of amides is 3. The minimum absolute atomic E-state index is 0.00531. The average Bonchev–Trinajstić information content (AvgIpc) is 2.83. The highest BCUT2D eigenvalue weighted by molar-refractivity contribution is 5.99. The van der Waals surface area contributed by atoms with Crippen molar-refractivity contribution in [1.82, 2.24) is 10.2 Å². The number of non-ortho nitro benzene ring substituents is 1. The lowest BCUT2D eigenvalue weighted by atomic mass is 10.1. The molecule has 0 bridgehead atoms. The van der Waals surface area contributed by atoms with E-state index in [4.69, 9.17) is 4.74 Å². The van der Waals surface area contributed by atoms with Crippen molar-refractivity contribution in [3.05, 3.63) is 69.8 Å². The number of nitro groups is 1. The topological polar surface area (TPSA) is 148 Å². The van der Waals surface area contributed by atoms with Gasteiger partial charge in [-0.1, -0.05) is 12.1 Å². The zero-order valence-electron chi connectivity index (χ0n) is 19.1. The van der Waals surface area contributed by atoms with Crippen LogP contribution in [-0.2, 0) is 14.3 Å². The molecule has 2 aromatic carbocycles. The second kappa shape index (κ2) is 12.1. The molecule has 180 valence electrons. The number of benzene rings is 2. The predicted octanol–water partition coefficient (Wildman–Crippen LogP) is 2.38. The van der Waals surface area contributed by atoms with Gasteiger partial charge in [-0.15, -0.1) is 0 Å². The summed E-state index contributed by atoms with van der Waals surface area (Å²) in [4.78, 5) is 60.9. The normalized spacial score (nSPS) is 11.1. The third-order valence-electron chi connectivity index (χ3n) is 4.81. The van der Waals surface area contributed by atoms with Gasteiger partial charge >= 0.3 is 5.97 Å². The Balaban J connectivity index is 1.89. The quantitative estimate of drug-likeness (QED) is 0.308. The number of hydrogen-bond donors (Lipinski definition) is 2. The number of hydrogen-bond acceptors (Lipinski definition) is 7. The molecule has 0 aliphatic carbocycles. The van der Waals surface area contributed by atoms with E-state index >= 15 is 0 Å². The van der Waals surface area contributed by atoms with Crippen LogP contribution in [0.25, 0.3) is 0 Å². The summed E-state index contributed by atoms with van der Waals surface area (Å²) < 4.78 is 4.94. The molecule has 2 aromatic rings. The maximum atomic E-state index is 12.5. The van der Waals surface area contributed by atoms with Crippen molar-refractivity contribution in [2.24, 2.45) is 0 Å². The Labute approximate surface area is 196 Å². The lowest BCUT2D eigenvalue weighted by Crippen LogP contribution is -2.40. The summed E-state index contributed by atoms with van der Waals surface area (Å²) in [5.41, 5.74) is 0.523. The standard InChI is InChI=1S/C23H26N4O7/c1-4-26(5-2)22(30)17-9-6-10-18(12-17)25-20(28)14-34-23(31)15(3)24-21(29)16-8-7-11-19(13-16)27(32)33/h6-13,15H,4-5,14H2,1-3H3,(H,24,29)(H,25,28)/t15-/m0/s1. The summed E-state index contributed by atoms with van der Waals surface area (Å²) >= 11 is 0. The van der Waals surface area contributed by atoms with E-state index in [-0.39, 0.29) is 17.2 Å². The third-order valence-corrected chi connectivity index (χ3v) is 4.81. The van der Waals surface area contributed by atoms with E-state index in [1.54, 1.807) is 23.1 Å². The summed E-state index contributed by atoms with van der Waals surface area (Å²) in [5.74, 6) is -2.36. The fourth-order valence-electron chi connectivity index (χ4n) is 2.98. The smallest absolute Gasteiger partial charge is 0.328 e. The Kier molecular flexibility index (Phi) is 9.24. The monoisotopic (exact) mass is 470 g/mol. The highest BCUT2D eigenvalue weighted by Gasteiger charge is 2.20. The molecular weight excluding hydrogens is 444 g/mol. The number of nitrogens with zero attached hydrogens (tertiary/aromatic N) is 2. The van der Waals surface area contributed by atoms with E-state index in [0.717, 1.165) is 6.07 Å². The zero-order chi connectivity index (χ0) is 25.3. The van der Waals surface area contributed by atoms with Crippen molar-refractivity contribution in [3.8, 4) is 0 Å². The van der Waals surface area contributed by atoms with Crippen LogP contribution in [0.4, 0.5) is 11.4 Å².